The lowest BCUT2D eigenvalue weighted by Gasteiger charge is -2.22. The first kappa shape index (κ1) is 20.2. The predicted molar refractivity (Wildman–Crippen MR) is 92.7 cm³/mol. The van der Waals surface area contributed by atoms with E-state index in [0.717, 1.165) is 32.1 Å². The normalized spacial score (nSPS) is 14.5. The van der Waals surface area contributed by atoms with Crippen LogP contribution in [0.1, 0.15) is 72.1 Å². The summed E-state index contributed by atoms with van der Waals surface area (Å²) in [4.78, 5) is 11.9. The maximum Gasteiger partial charge on any atom is 0.205 e. The molecule has 0 spiro atoms. The van der Waals surface area contributed by atoms with Crippen molar-refractivity contribution in [2.24, 2.45) is 0 Å². The molecule has 0 bridgehead atoms. The smallest absolute Gasteiger partial charge is 0.205 e. The van der Waals surface area contributed by atoms with E-state index >= 15 is 0 Å². The number of thioether (sulfide) groups is 1. The molecule has 2 unspecified atom stereocenters. The molecule has 20 heavy (non-hydrogen) atoms. The summed E-state index contributed by atoms with van der Waals surface area (Å²) in [7, 11) is -0.643. The highest BCUT2D eigenvalue weighted by molar-refractivity contribution is 8.14. The summed E-state index contributed by atoms with van der Waals surface area (Å²) in [6.07, 6.45) is 9.09. The zero-order valence-corrected chi connectivity index (χ0v) is 15.9. The molecule has 0 N–H and O–H groups in total. The van der Waals surface area contributed by atoms with Gasteiger partial charge in [-0.15, -0.1) is 0 Å². The van der Waals surface area contributed by atoms with Gasteiger partial charge in [0.25, 0.3) is 0 Å². The van der Waals surface area contributed by atoms with Crippen LogP contribution in [0.2, 0.25) is 13.1 Å². The molecule has 2 atom stereocenters. The molecule has 0 saturated carbocycles. The number of rotatable bonds is 12. The summed E-state index contributed by atoms with van der Waals surface area (Å²) in [6, 6.07) is 0. The first-order valence-corrected chi connectivity index (χ1v) is 11.4. The van der Waals surface area contributed by atoms with Crippen LogP contribution >= 0.6 is 11.8 Å². The summed E-state index contributed by atoms with van der Waals surface area (Å²) in [5, 5.41) is 0.744. The Kier molecular flexibility index (Phi) is 13.0. The van der Waals surface area contributed by atoms with E-state index in [4.69, 9.17) is 4.43 Å². The van der Waals surface area contributed by atoms with Gasteiger partial charge in [-0.2, -0.15) is 0 Å². The Morgan fingerprint density at radius 1 is 1.15 bits per heavy atom. The third-order valence-corrected chi connectivity index (χ3v) is 5.04. The van der Waals surface area contributed by atoms with Crippen LogP contribution in [0.3, 0.4) is 0 Å². The van der Waals surface area contributed by atoms with Crippen LogP contribution in [0, 0.1) is 0 Å². The third-order valence-electron chi connectivity index (χ3n) is 3.17. The quantitative estimate of drug-likeness (QED) is 0.354. The lowest BCUT2D eigenvalue weighted by molar-refractivity contribution is -0.111. The van der Waals surface area contributed by atoms with Gasteiger partial charge in [-0.05, 0) is 32.4 Å². The Hall–Kier alpha value is 0.197. The summed E-state index contributed by atoms with van der Waals surface area (Å²) in [6.45, 7) is 10.9. The fourth-order valence-electron chi connectivity index (χ4n) is 2.28. The second-order valence-corrected chi connectivity index (χ2v) is 9.33. The van der Waals surface area contributed by atoms with E-state index in [-0.39, 0.29) is 0 Å². The van der Waals surface area contributed by atoms with Gasteiger partial charge in [-0.1, -0.05) is 58.2 Å². The number of hydrogen-bond donors (Lipinski definition) is 0. The zero-order chi connectivity index (χ0) is 15.4. The van der Waals surface area contributed by atoms with Crippen LogP contribution in [-0.2, 0) is 9.22 Å². The van der Waals surface area contributed by atoms with Crippen LogP contribution in [0.25, 0.3) is 0 Å². The van der Waals surface area contributed by atoms with Crippen molar-refractivity contribution in [2.45, 2.75) is 96.6 Å². The van der Waals surface area contributed by atoms with E-state index < -0.39 is 9.04 Å². The van der Waals surface area contributed by atoms with Crippen LogP contribution in [0.15, 0.2) is 0 Å². The summed E-state index contributed by atoms with van der Waals surface area (Å²) in [5.74, 6) is 0. The lowest BCUT2D eigenvalue weighted by atomic mass is 10.1. The first-order valence-electron chi connectivity index (χ1n) is 8.15. The maximum atomic E-state index is 11.9. The average Bonchev–Trinajstić information content (AvgIpc) is 2.34. The van der Waals surface area contributed by atoms with E-state index in [1.54, 1.807) is 0 Å². The van der Waals surface area contributed by atoms with Gasteiger partial charge in [-0.25, -0.2) is 0 Å². The molecule has 0 aliphatic rings. The first-order chi connectivity index (χ1) is 9.49. The summed E-state index contributed by atoms with van der Waals surface area (Å²) < 4.78 is 6.03. The second-order valence-electron chi connectivity index (χ2n) is 5.78. The van der Waals surface area contributed by atoms with Gasteiger partial charge in [0.05, 0.1) is 0 Å². The van der Waals surface area contributed by atoms with Crippen LogP contribution in [-0.4, -0.2) is 25.5 Å². The molecule has 119 valence electrons. The molecule has 1 radical (unpaired) electrons. The highest BCUT2D eigenvalue weighted by Crippen LogP contribution is 2.23. The van der Waals surface area contributed by atoms with Gasteiger partial charge in [0.2, 0.25) is 9.04 Å². The molecule has 0 amide bonds. The van der Waals surface area contributed by atoms with E-state index in [1.807, 2.05) is 0 Å². The van der Waals surface area contributed by atoms with Crippen LogP contribution in [0.5, 0.6) is 0 Å². The average molecular weight is 318 g/mol. The van der Waals surface area contributed by atoms with Crippen molar-refractivity contribution in [3.8, 4) is 0 Å². The number of carbonyl (C=O) groups excluding carboxylic acids is 1. The molecule has 4 heteroatoms. The Bertz CT molecular complexity index is 247. The zero-order valence-electron chi connectivity index (χ0n) is 14.0. The Labute approximate surface area is 132 Å². The minimum absolute atomic E-state index is 0.347. The molecule has 0 aliphatic heterocycles. The molecule has 0 fully saturated rings. The number of hydrogen-bond acceptors (Lipinski definition) is 3. The van der Waals surface area contributed by atoms with Crippen molar-refractivity contribution in [3.63, 3.8) is 0 Å². The Morgan fingerprint density at radius 2 is 1.85 bits per heavy atom. The highest BCUT2D eigenvalue weighted by Gasteiger charge is 2.17. The molecule has 0 heterocycles. The topological polar surface area (TPSA) is 26.3 Å². The van der Waals surface area contributed by atoms with Crippen molar-refractivity contribution in [2.75, 3.05) is 0 Å². The number of unbranched alkanes of at least 4 members (excludes halogenated alkanes) is 3. The summed E-state index contributed by atoms with van der Waals surface area (Å²) in [5.41, 5.74) is 0. The van der Waals surface area contributed by atoms with Gasteiger partial charge in [0, 0.05) is 17.8 Å². The fourth-order valence-corrected chi connectivity index (χ4v) is 4.18. The molecule has 0 aliphatic carbocycles. The fraction of sp³-hybridized carbons (Fsp3) is 0.938. The standard InChI is InChI=1S/C16H33O2SSi/c1-6-8-9-10-12-16(17)19-14(3)13-15(11-7-2)18-20(4)5/h14-15H,6-13H2,1-5H3. The van der Waals surface area contributed by atoms with Crippen molar-refractivity contribution in [1.29, 1.82) is 0 Å². The van der Waals surface area contributed by atoms with Gasteiger partial charge in [0.1, 0.15) is 0 Å². The SMILES string of the molecule is CCCCCCC(=O)SC(C)CC(CCC)O[Si](C)C. The molecule has 0 rings (SSSR count). The van der Waals surface area contributed by atoms with Crippen molar-refractivity contribution in [3.05, 3.63) is 0 Å². The molecule has 0 aromatic rings. The van der Waals surface area contributed by atoms with Gasteiger partial charge in [0.15, 0.2) is 5.12 Å². The van der Waals surface area contributed by atoms with E-state index in [9.17, 15) is 4.79 Å². The maximum absolute atomic E-state index is 11.9. The Balaban J connectivity index is 3.92. The largest absolute Gasteiger partial charge is 0.414 e. The molecule has 0 aromatic heterocycles. The van der Waals surface area contributed by atoms with E-state index in [2.05, 4.69) is 33.9 Å². The Morgan fingerprint density at radius 3 is 2.40 bits per heavy atom. The predicted octanol–water partition coefficient (Wildman–Crippen LogP) is 5.43. The second kappa shape index (κ2) is 12.9. The third kappa shape index (κ3) is 12.0. The lowest BCUT2D eigenvalue weighted by Crippen LogP contribution is -2.24. The van der Waals surface area contributed by atoms with Gasteiger partial charge >= 0.3 is 0 Å². The van der Waals surface area contributed by atoms with Crippen molar-refractivity contribution >= 4 is 25.9 Å². The summed E-state index contributed by atoms with van der Waals surface area (Å²) >= 11 is 1.53. The molecular formula is C16H33O2SSi. The molecular weight excluding hydrogens is 284 g/mol. The monoisotopic (exact) mass is 317 g/mol. The van der Waals surface area contributed by atoms with E-state index in [0.29, 0.717) is 16.5 Å². The molecule has 2 nitrogen and oxygen atoms in total. The molecule has 0 aromatic carbocycles. The van der Waals surface area contributed by atoms with E-state index in [1.165, 1.54) is 31.0 Å². The minimum Gasteiger partial charge on any atom is -0.414 e. The van der Waals surface area contributed by atoms with Gasteiger partial charge in [-0.3, -0.25) is 4.79 Å². The number of carbonyl (C=O) groups is 1. The van der Waals surface area contributed by atoms with Crippen LogP contribution < -0.4 is 0 Å². The van der Waals surface area contributed by atoms with Gasteiger partial charge < -0.3 is 4.43 Å². The van der Waals surface area contributed by atoms with Crippen LogP contribution in [0.4, 0.5) is 0 Å². The van der Waals surface area contributed by atoms with Crippen molar-refractivity contribution in [1.82, 2.24) is 0 Å². The van der Waals surface area contributed by atoms with Crippen molar-refractivity contribution < 1.29 is 9.22 Å². The molecule has 0 saturated heterocycles. The minimum atomic E-state index is -0.643. The highest BCUT2D eigenvalue weighted by atomic mass is 32.2.